The number of aliphatic hydroxyl groups is 2. The highest BCUT2D eigenvalue weighted by Gasteiger charge is 2.62. The Kier molecular flexibility index (Phi) is 5.02. The highest BCUT2D eigenvalue weighted by atomic mass is 16.4. The van der Waals surface area contributed by atoms with Gasteiger partial charge in [-0.3, -0.25) is 4.79 Å². The normalized spacial score (nSPS) is 54.8. The Morgan fingerprint density at radius 1 is 1.07 bits per heavy atom. The molecule has 28 heavy (non-hydrogen) atoms. The molecule has 0 heterocycles. The first-order chi connectivity index (χ1) is 13.5. The molecule has 160 valence electrons. The Morgan fingerprint density at radius 3 is 2.46 bits per heavy atom. The minimum absolute atomic E-state index is 0.00872. The maximum Gasteiger partial charge on any atom is 0.303 e. The van der Waals surface area contributed by atoms with Crippen LogP contribution < -0.4 is 0 Å². The number of aliphatic hydroxyl groups excluding tert-OH is 1. The highest BCUT2D eigenvalue weighted by Crippen LogP contribution is 2.68. The van der Waals surface area contributed by atoms with E-state index in [4.69, 9.17) is 6.48 Å². The van der Waals surface area contributed by atoms with Crippen LogP contribution in [0, 0.1) is 46.3 Å². The zero-order valence-electron chi connectivity index (χ0n) is 18.9. The molecule has 10 atom stereocenters. The molecule has 0 amide bonds. The lowest BCUT2D eigenvalue weighted by Crippen LogP contribution is -2.58. The van der Waals surface area contributed by atoms with Crippen LogP contribution in [0.15, 0.2) is 0 Å². The van der Waals surface area contributed by atoms with Crippen LogP contribution >= 0.6 is 0 Å². The lowest BCUT2D eigenvalue weighted by atomic mass is 9.43. The maximum absolute atomic E-state index is 11.4. The van der Waals surface area contributed by atoms with E-state index >= 15 is 0 Å². The maximum atomic E-state index is 11.4. The number of carboxylic acids is 1. The molecule has 0 bridgehead atoms. The van der Waals surface area contributed by atoms with E-state index in [1.165, 1.54) is 0 Å². The molecule has 0 aromatic heterocycles. The minimum atomic E-state index is -1.41. The highest BCUT2D eigenvalue weighted by molar-refractivity contribution is 5.66. The van der Waals surface area contributed by atoms with Gasteiger partial charge in [0.2, 0.25) is 0 Å². The summed E-state index contributed by atoms with van der Waals surface area (Å²) in [7, 11) is 0. The van der Waals surface area contributed by atoms with Crippen LogP contribution in [0.2, 0.25) is 0 Å². The van der Waals surface area contributed by atoms with Crippen molar-refractivity contribution >= 4 is 5.97 Å². The Labute approximate surface area is 171 Å². The van der Waals surface area contributed by atoms with Gasteiger partial charge >= 0.3 is 5.97 Å². The topological polar surface area (TPSA) is 77.8 Å². The number of hydrogen-bond donors (Lipinski definition) is 3. The molecule has 6 unspecified atom stereocenters. The Balaban J connectivity index is 1.60. The molecule has 0 aromatic rings. The molecule has 4 aliphatic carbocycles. The fourth-order valence-corrected chi connectivity index (χ4v) is 8.46. The van der Waals surface area contributed by atoms with Crippen molar-refractivity contribution in [2.45, 2.75) is 97.2 Å². The largest absolute Gasteiger partial charge is 0.481 e. The molecule has 0 saturated heterocycles. The fourth-order valence-electron chi connectivity index (χ4n) is 8.46. The van der Waals surface area contributed by atoms with E-state index in [0.717, 1.165) is 51.4 Å². The van der Waals surface area contributed by atoms with Gasteiger partial charge in [-0.25, -0.2) is 0 Å². The summed E-state index contributed by atoms with van der Waals surface area (Å²) in [6.07, 6.45) is 6.70. The molecular formula is C24H40O4. The molecule has 4 rings (SSSR count). The van der Waals surface area contributed by atoms with E-state index in [1.807, 2.05) is 0 Å². The number of rotatable bonds is 4. The summed E-state index contributed by atoms with van der Waals surface area (Å²) in [4.78, 5) is 11.1. The summed E-state index contributed by atoms with van der Waals surface area (Å²) in [6.45, 7) is 6.96. The average Bonchev–Trinajstić information content (AvgIpc) is 2.98. The smallest absolute Gasteiger partial charge is 0.303 e. The Hall–Kier alpha value is -0.610. The van der Waals surface area contributed by atoms with Crippen LogP contribution in [0.5, 0.6) is 0 Å². The lowest BCUT2D eigenvalue weighted by molar-refractivity contribution is -0.174. The van der Waals surface area contributed by atoms with Gasteiger partial charge in [0.05, 0.1) is 13.6 Å². The molecule has 0 aliphatic heterocycles. The second kappa shape index (κ2) is 7.27. The van der Waals surface area contributed by atoms with E-state index in [2.05, 4.69) is 20.8 Å². The van der Waals surface area contributed by atoms with Crippen molar-refractivity contribution < 1.29 is 21.5 Å². The quantitative estimate of drug-likeness (QED) is 0.658. The number of fused-ring (bicyclic) bond motifs is 5. The van der Waals surface area contributed by atoms with Crippen molar-refractivity contribution in [3.63, 3.8) is 0 Å². The first-order valence-electron chi connectivity index (χ1n) is 12.1. The van der Waals surface area contributed by atoms with Crippen molar-refractivity contribution in [3.8, 4) is 0 Å². The summed E-state index contributed by atoms with van der Waals surface area (Å²) in [6, 6.07) is 0. The van der Waals surface area contributed by atoms with Crippen molar-refractivity contribution in [2.75, 3.05) is 0 Å². The molecule has 4 aliphatic rings. The lowest BCUT2D eigenvalue weighted by Gasteiger charge is -2.62. The number of carbonyl (C=O) groups is 1. The van der Waals surface area contributed by atoms with E-state index in [0.29, 0.717) is 30.1 Å². The molecular weight excluding hydrogens is 352 g/mol. The average molecular weight is 394 g/mol. The van der Waals surface area contributed by atoms with E-state index in [1.54, 1.807) is 0 Å². The second-order valence-corrected chi connectivity index (χ2v) is 11.2. The molecule has 4 fully saturated rings. The van der Waals surface area contributed by atoms with Crippen molar-refractivity contribution in [1.82, 2.24) is 0 Å². The van der Waals surface area contributed by atoms with Crippen LogP contribution in [-0.2, 0) is 4.79 Å². The number of aliphatic carboxylic acids is 1. The van der Waals surface area contributed by atoms with Gasteiger partial charge in [-0.15, -0.1) is 0 Å². The third-order valence-electron chi connectivity index (χ3n) is 10.0. The zero-order valence-corrected chi connectivity index (χ0v) is 17.9. The SMILES string of the molecule is [2H]C1(O)C[C@@H]2CC(O)CCC2(C)C2CCC3(C)[C@@H](C(C)CCC(=O)O)CC[C@H]3[C@H]21. The third kappa shape index (κ3) is 3.14. The summed E-state index contributed by atoms with van der Waals surface area (Å²) < 4.78 is 8.97. The first kappa shape index (κ1) is 19.4. The monoisotopic (exact) mass is 393 g/mol. The molecule has 0 radical (unpaired) electrons. The van der Waals surface area contributed by atoms with Gasteiger partial charge in [-0.05, 0) is 104 Å². The Bertz CT molecular complexity index is 651. The van der Waals surface area contributed by atoms with Crippen molar-refractivity contribution in [1.29, 1.82) is 0 Å². The predicted octanol–water partition coefficient (Wildman–Crippen LogP) is 4.48. The van der Waals surface area contributed by atoms with Crippen molar-refractivity contribution in [2.24, 2.45) is 46.3 Å². The first-order valence-corrected chi connectivity index (χ1v) is 11.6. The van der Waals surface area contributed by atoms with Gasteiger partial charge < -0.3 is 15.3 Å². The van der Waals surface area contributed by atoms with Crippen LogP contribution in [0.25, 0.3) is 0 Å². The molecule has 0 aromatic carbocycles. The van der Waals surface area contributed by atoms with Gasteiger partial charge in [-0.1, -0.05) is 20.8 Å². The molecule has 4 heteroatoms. The van der Waals surface area contributed by atoms with Gasteiger partial charge in [0.25, 0.3) is 0 Å². The summed E-state index contributed by atoms with van der Waals surface area (Å²) >= 11 is 0. The third-order valence-corrected chi connectivity index (χ3v) is 10.0. The second-order valence-electron chi connectivity index (χ2n) is 11.2. The predicted molar refractivity (Wildman–Crippen MR) is 109 cm³/mol. The van der Waals surface area contributed by atoms with E-state index < -0.39 is 12.0 Å². The van der Waals surface area contributed by atoms with Crippen LogP contribution in [0.4, 0.5) is 0 Å². The van der Waals surface area contributed by atoms with Crippen LogP contribution in [0.1, 0.15) is 86.4 Å². The van der Waals surface area contributed by atoms with Gasteiger partial charge in [0.15, 0.2) is 0 Å². The Morgan fingerprint density at radius 2 is 1.75 bits per heavy atom. The van der Waals surface area contributed by atoms with Gasteiger partial charge in [0.1, 0.15) is 0 Å². The summed E-state index contributed by atoms with van der Waals surface area (Å²) in [5.74, 6) is 1.11. The van der Waals surface area contributed by atoms with Gasteiger partial charge in [0, 0.05) is 6.42 Å². The molecule has 4 nitrogen and oxygen atoms in total. The number of carboxylic acid groups (broad SMARTS) is 1. The molecule has 3 N–H and O–H groups in total. The molecule has 0 spiro atoms. The summed E-state index contributed by atoms with van der Waals surface area (Å²) in [5, 5.41) is 30.7. The van der Waals surface area contributed by atoms with Gasteiger partial charge in [-0.2, -0.15) is 0 Å². The summed E-state index contributed by atoms with van der Waals surface area (Å²) in [5.41, 5.74) is 0.233. The van der Waals surface area contributed by atoms with E-state index in [-0.39, 0.29) is 35.2 Å². The fraction of sp³-hybridized carbons (Fsp3) is 0.958. The standard InChI is InChI=1S/C24H40O4/c1-14(4-7-21(27)28)17-5-6-18-22-19(9-11-24(17,18)3)23(2)10-8-16(25)12-15(23)13-20(22)26/h14-20,22,25-26H,4-13H2,1-3H3,(H,27,28)/t14?,15-,16?,17+,18-,19?,20?,22+,23?,24?/m0/s1/i20D. The van der Waals surface area contributed by atoms with Crippen molar-refractivity contribution in [3.05, 3.63) is 0 Å². The molecule has 4 saturated carbocycles. The van der Waals surface area contributed by atoms with Crippen LogP contribution in [-0.4, -0.2) is 33.5 Å². The van der Waals surface area contributed by atoms with Crippen LogP contribution in [0.3, 0.4) is 0 Å². The number of hydrogen-bond acceptors (Lipinski definition) is 3. The van der Waals surface area contributed by atoms with E-state index in [9.17, 15) is 15.0 Å². The minimum Gasteiger partial charge on any atom is -0.481 e. The zero-order chi connectivity index (χ0) is 21.2.